The van der Waals surface area contributed by atoms with E-state index in [1.54, 1.807) is 30.6 Å². The third kappa shape index (κ3) is 4.95. The minimum atomic E-state index is -1.05. The van der Waals surface area contributed by atoms with Gasteiger partial charge in [-0.1, -0.05) is 24.3 Å². The van der Waals surface area contributed by atoms with Crippen molar-refractivity contribution in [2.75, 3.05) is 20.8 Å². The van der Waals surface area contributed by atoms with Gasteiger partial charge in [0.1, 0.15) is 28.4 Å². The average Bonchev–Trinajstić information content (AvgIpc) is 3.43. The quantitative estimate of drug-likeness (QED) is 0.303. The zero-order valence-corrected chi connectivity index (χ0v) is 23.5. The molecule has 0 saturated heterocycles. The molecule has 1 N–H and O–H groups in total. The number of thiophene rings is 1. The number of hydrogen-bond donors (Lipinski definition) is 1. The lowest BCUT2D eigenvalue weighted by Crippen LogP contribution is -2.12. The van der Waals surface area contributed by atoms with E-state index in [-0.39, 0.29) is 12.4 Å². The molecule has 3 heterocycles. The molecule has 0 fully saturated rings. The second-order valence-corrected chi connectivity index (χ2v) is 10.5. The maximum Gasteiger partial charge on any atom is 0.341 e. The molecular weight excluding hydrogens is 532 g/mol. The number of carbonyl (C=O) groups is 2. The molecule has 2 aromatic heterocycles. The highest BCUT2D eigenvalue weighted by molar-refractivity contribution is 7.15. The second kappa shape index (κ2) is 10.9. The molecule has 0 aliphatic carbocycles. The molecule has 1 aliphatic heterocycles. The van der Waals surface area contributed by atoms with Crippen LogP contribution in [0, 0.1) is 20.8 Å². The SMILES string of the molecule is COC(=O)C[C@@H]1N=C(c2ccc(-c3ccc(OCC(=O)O)cc3OC)cc2)c2c(sc(C)c2C)-n2c(C)nnc21. The Morgan fingerprint density at radius 3 is 2.42 bits per heavy atom. The maximum absolute atomic E-state index is 12.3. The van der Waals surface area contributed by atoms with Gasteiger partial charge in [-0.05, 0) is 44.0 Å². The van der Waals surface area contributed by atoms with Crippen LogP contribution in [0.15, 0.2) is 47.5 Å². The zero-order chi connectivity index (χ0) is 28.6. The smallest absolute Gasteiger partial charge is 0.341 e. The summed E-state index contributed by atoms with van der Waals surface area (Å²) in [5.74, 6) is 0.858. The standard InChI is InChI=1S/C29H28N4O6S/c1-15-16(2)40-29-26(15)27(30-22(13-25(36)38-5)28-32-31-17(3)33(28)29)19-8-6-18(7-9-19)21-11-10-20(12-23(21)37-4)39-14-24(34)35/h6-12,22H,13-14H2,1-5H3,(H,34,35)/t22-/m0/s1. The van der Waals surface area contributed by atoms with Crippen molar-refractivity contribution in [3.8, 4) is 27.6 Å². The monoisotopic (exact) mass is 560 g/mol. The third-order valence-corrected chi connectivity index (χ3v) is 8.02. The first-order valence-corrected chi connectivity index (χ1v) is 13.3. The second-order valence-electron chi connectivity index (χ2n) is 9.30. The highest BCUT2D eigenvalue weighted by Gasteiger charge is 2.32. The number of rotatable bonds is 8. The van der Waals surface area contributed by atoms with Crippen LogP contribution in [0.4, 0.5) is 0 Å². The number of esters is 1. The first kappa shape index (κ1) is 27.1. The van der Waals surface area contributed by atoms with Crippen LogP contribution in [0.5, 0.6) is 11.5 Å². The Morgan fingerprint density at radius 2 is 1.75 bits per heavy atom. The van der Waals surface area contributed by atoms with Gasteiger partial charge >= 0.3 is 11.9 Å². The van der Waals surface area contributed by atoms with Crippen LogP contribution >= 0.6 is 11.3 Å². The topological polar surface area (TPSA) is 125 Å². The van der Waals surface area contributed by atoms with Crippen molar-refractivity contribution in [2.24, 2.45) is 4.99 Å². The number of carbonyl (C=O) groups excluding carboxylic acids is 1. The molecule has 1 atom stereocenters. The summed E-state index contributed by atoms with van der Waals surface area (Å²) in [5, 5.41) is 18.6. The molecule has 4 aromatic rings. The van der Waals surface area contributed by atoms with Gasteiger partial charge in [-0.2, -0.15) is 0 Å². The molecule has 1 aliphatic rings. The minimum Gasteiger partial charge on any atom is -0.496 e. The van der Waals surface area contributed by atoms with Gasteiger partial charge in [0.25, 0.3) is 0 Å². The summed E-state index contributed by atoms with van der Waals surface area (Å²) in [6, 6.07) is 12.6. The fourth-order valence-electron chi connectivity index (χ4n) is 4.72. The van der Waals surface area contributed by atoms with E-state index in [9.17, 15) is 9.59 Å². The lowest BCUT2D eigenvalue weighted by atomic mass is 9.96. The van der Waals surface area contributed by atoms with E-state index in [2.05, 4.69) is 24.0 Å². The van der Waals surface area contributed by atoms with Gasteiger partial charge in [-0.25, -0.2) is 4.79 Å². The number of aliphatic imine (C=N–C) groups is 1. The molecule has 0 spiro atoms. The molecule has 0 bridgehead atoms. The summed E-state index contributed by atoms with van der Waals surface area (Å²) in [6.45, 7) is 5.62. The number of carboxylic acids is 1. The van der Waals surface area contributed by atoms with E-state index in [0.717, 1.165) is 49.2 Å². The maximum atomic E-state index is 12.3. The Hall–Kier alpha value is -4.51. The fraction of sp³-hybridized carbons (Fsp3) is 0.276. The van der Waals surface area contributed by atoms with Gasteiger partial charge in [0.15, 0.2) is 12.4 Å². The zero-order valence-electron chi connectivity index (χ0n) is 22.7. The molecular formula is C29H28N4O6S. The van der Waals surface area contributed by atoms with Crippen LogP contribution in [-0.2, 0) is 14.3 Å². The fourth-order valence-corrected chi connectivity index (χ4v) is 5.93. The Bertz CT molecular complexity index is 1640. The van der Waals surface area contributed by atoms with Crippen molar-refractivity contribution in [2.45, 2.75) is 33.2 Å². The lowest BCUT2D eigenvalue weighted by Gasteiger charge is -2.14. The van der Waals surface area contributed by atoms with Crippen LogP contribution < -0.4 is 9.47 Å². The first-order valence-electron chi connectivity index (χ1n) is 12.5. The summed E-state index contributed by atoms with van der Waals surface area (Å²) in [7, 11) is 2.92. The van der Waals surface area contributed by atoms with E-state index >= 15 is 0 Å². The molecule has 11 heteroatoms. The van der Waals surface area contributed by atoms with E-state index in [4.69, 9.17) is 24.3 Å². The Morgan fingerprint density at radius 1 is 1.02 bits per heavy atom. The summed E-state index contributed by atoms with van der Waals surface area (Å²) in [4.78, 5) is 29.5. The normalized spacial score (nSPS) is 14.0. The van der Waals surface area contributed by atoms with Crippen LogP contribution in [-0.4, -0.2) is 58.3 Å². The van der Waals surface area contributed by atoms with E-state index in [1.165, 1.54) is 7.11 Å². The van der Waals surface area contributed by atoms with E-state index < -0.39 is 18.6 Å². The number of ether oxygens (including phenoxy) is 3. The third-order valence-electron chi connectivity index (χ3n) is 6.83. The summed E-state index contributed by atoms with van der Waals surface area (Å²) >= 11 is 1.65. The van der Waals surface area contributed by atoms with Crippen molar-refractivity contribution < 1.29 is 28.9 Å². The van der Waals surface area contributed by atoms with Crippen molar-refractivity contribution in [3.05, 3.63) is 75.7 Å². The van der Waals surface area contributed by atoms with Gasteiger partial charge in [0, 0.05) is 27.6 Å². The summed E-state index contributed by atoms with van der Waals surface area (Å²) in [6.07, 6.45) is 0.0384. The average molecular weight is 561 g/mol. The Kier molecular flexibility index (Phi) is 7.40. The number of fused-ring (bicyclic) bond motifs is 3. The number of benzene rings is 2. The van der Waals surface area contributed by atoms with Gasteiger partial charge in [-0.3, -0.25) is 14.4 Å². The number of carboxylic acid groups (broad SMARTS) is 1. The summed E-state index contributed by atoms with van der Waals surface area (Å²) < 4.78 is 17.8. The minimum absolute atomic E-state index is 0.0384. The number of aromatic nitrogens is 3. The molecule has 0 saturated carbocycles. The number of nitrogens with zero attached hydrogens (tertiary/aromatic N) is 4. The Labute approximate surface area is 234 Å². The van der Waals surface area contributed by atoms with Crippen LogP contribution in [0.3, 0.4) is 0 Å². The molecule has 0 unspecified atom stereocenters. The molecule has 0 radical (unpaired) electrons. The van der Waals surface area contributed by atoms with Gasteiger partial charge < -0.3 is 19.3 Å². The van der Waals surface area contributed by atoms with Crippen molar-refractivity contribution >= 4 is 29.0 Å². The summed E-state index contributed by atoms with van der Waals surface area (Å²) in [5.41, 5.74) is 5.48. The van der Waals surface area contributed by atoms with Crippen molar-refractivity contribution in [1.29, 1.82) is 0 Å². The van der Waals surface area contributed by atoms with Gasteiger partial charge in [-0.15, -0.1) is 21.5 Å². The molecule has 2 aromatic carbocycles. The Balaban J connectivity index is 1.58. The van der Waals surface area contributed by atoms with Gasteiger partial charge in [0.05, 0.1) is 26.4 Å². The molecule has 5 rings (SSSR count). The predicted octanol–water partition coefficient (Wildman–Crippen LogP) is 4.85. The van der Waals surface area contributed by atoms with Crippen LogP contribution in [0.2, 0.25) is 0 Å². The molecule has 10 nitrogen and oxygen atoms in total. The molecule has 206 valence electrons. The largest absolute Gasteiger partial charge is 0.496 e. The van der Waals surface area contributed by atoms with E-state index in [1.807, 2.05) is 41.8 Å². The predicted molar refractivity (Wildman–Crippen MR) is 150 cm³/mol. The van der Waals surface area contributed by atoms with Crippen LogP contribution in [0.25, 0.3) is 16.1 Å². The van der Waals surface area contributed by atoms with Crippen molar-refractivity contribution in [1.82, 2.24) is 14.8 Å². The van der Waals surface area contributed by atoms with E-state index in [0.29, 0.717) is 17.3 Å². The number of methoxy groups -OCH3 is 2. The van der Waals surface area contributed by atoms with Crippen molar-refractivity contribution in [3.63, 3.8) is 0 Å². The number of hydrogen-bond acceptors (Lipinski definition) is 9. The first-order chi connectivity index (χ1) is 19.2. The molecule has 40 heavy (non-hydrogen) atoms. The highest BCUT2D eigenvalue weighted by Crippen LogP contribution is 2.40. The lowest BCUT2D eigenvalue weighted by molar-refractivity contribution is -0.141. The highest BCUT2D eigenvalue weighted by atomic mass is 32.1. The number of aryl methyl sites for hydroxylation is 2. The van der Waals surface area contributed by atoms with Crippen LogP contribution in [0.1, 0.15) is 45.7 Å². The molecule has 0 amide bonds. The van der Waals surface area contributed by atoms with Gasteiger partial charge in [0.2, 0.25) is 0 Å². The number of aliphatic carboxylic acids is 1.